The number of nitrogens with zero attached hydrogens (tertiary/aromatic N) is 1. The number of methoxy groups -OCH3 is 2. The summed E-state index contributed by atoms with van der Waals surface area (Å²) in [7, 11) is 3.15. The first kappa shape index (κ1) is 19.9. The lowest BCUT2D eigenvalue weighted by Gasteiger charge is -2.37. The molecule has 2 heterocycles. The summed E-state index contributed by atoms with van der Waals surface area (Å²) in [6, 6.07) is 8.06. The van der Waals surface area contributed by atoms with Gasteiger partial charge in [0.1, 0.15) is 5.76 Å². The number of hydrogen-bond donors (Lipinski definition) is 1. The molecule has 0 saturated carbocycles. The fourth-order valence-corrected chi connectivity index (χ4v) is 3.80. The molecule has 1 aromatic heterocycles. The molecule has 0 radical (unpaired) electrons. The molecule has 1 fully saturated rings. The second-order valence-electron chi connectivity index (χ2n) is 6.89. The SMILES string of the molecule is COc1cc(Br)c(-c2ccc(CN3C[C@H](C)NC[C@H]3C)c(=O)o2)cc1OC. The molecule has 7 heteroatoms. The molecule has 2 atom stereocenters. The molecule has 0 unspecified atom stereocenters. The first-order chi connectivity index (χ1) is 12.9. The maximum Gasteiger partial charge on any atom is 0.340 e. The van der Waals surface area contributed by atoms with Gasteiger partial charge in [0.2, 0.25) is 0 Å². The van der Waals surface area contributed by atoms with Crippen molar-refractivity contribution in [1.82, 2.24) is 10.2 Å². The van der Waals surface area contributed by atoms with Crippen LogP contribution in [-0.4, -0.2) is 44.3 Å². The van der Waals surface area contributed by atoms with E-state index in [-0.39, 0.29) is 5.63 Å². The van der Waals surface area contributed by atoms with Crippen LogP contribution in [0.15, 0.2) is 37.9 Å². The molecule has 1 saturated heterocycles. The van der Waals surface area contributed by atoms with Crippen molar-refractivity contribution in [1.29, 1.82) is 0 Å². The summed E-state index contributed by atoms with van der Waals surface area (Å²) in [5, 5.41) is 3.45. The third-order valence-electron chi connectivity index (χ3n) is 4.91. The zero-order chi connectivity index (χ0) is 19.6. The van der Waals surface area contributed by atoms with E-state index in [1.165, 1.54) is 0 Å². The van der Waals surface area contributed by atoms with E-state index >= 15 is 0 Å². The normalized spacial score (nSPS) is 20.5. The zero-order valence-electron chi connectivity index (χ0n) is 16.0. The van der Waals surface area contributed by atoms with Gasteiger partial charge in [-0.15, -0.1) is 0 Å². The summed E-state index contributed by atoms with van der Waals surface area (Å²) in [6.07, 6.45) is 0. The second kappa shape index (κ2) is 8.46. The van der Waals surface area contributed by atoms with Crippen LogP contribution in [-0.2, 0) is 6.54 Å². The summed E-state index contributed by atoms with van der Waals surface area (Å²) in [5.74, 6) is 1.67. The smallest absolute Gasteiger partial charge is 0.340 e. The highest BCUT2D eigenvalue weighted by Crippen LogP contribution is 2.38. The van der Waals surface area contributed by atoms with E-state index in [9.17, 15) is 4.79 Å². The van der Waals surface area contributed by atoms with Gasteiger partial charge in [0.05, 0.1) is 19.8 Å². The Balaban J connectivity index is 1.88. The Morgan fingerprint density at radius 1 is 1.22 bits per heavy atom. The molecular weight excluding hydrogens is 412 g/mol. The number of ether oxygens (including phenoxy) is 2. The standard InChI is InChI=1S/C20H25BrN2O4/c1-12-10-23(13(2)9-22-12)11-14-5-6-17(27-20(14)24)15-7-18(25-3)19(26-4)8-16(15)21/h5-8,12-13,22H,9-11H2,1-4H3/t12-,13+/m0/s1. The van der Waals surface area contributed by atoms with Crippen LogP contribution in [0.2, 0.25) is 0 Å². The average molecular weight is 437 g/mol. The average Bonchev–Trinajstić information content (AvgIpc) is 2.66. The molecule has 0 spiro atoms. The third kappa shape index (κ3) is 4.36. The Morgan fingerprint density at radius 2 is 1.93 bits per heavy atom. The number of nitrogens with one attached hydrogen (secondary N) is 1. The van der Waals surface area contributed by atoms with E-state index < -0.39 is 0 Å². The molecule has 0 aliphatic carbocycles. The van der Waals surface area contributed by atoms with E-state index in [0.717, 1.165) is 23.1 Å². The second-order valence-corrected chi connectivity index (χ2v) is 7.74. The van der Waals surface area contributed by atoms with Gasteiger partial charge >= 0.3 is 5.63 Å². The Bertz CT molecular complexity index is 868. The van der Waals surface area contributed by atoms with Gasteiger partial charge in [-0.25, -0.2) is 4.79 Å². The Morgan fingerprint density at radius 3 is 2.59 bits per heavy atom. The van der Waals surface area contributed by atoms with E-state index in [4.69, 9.17) is 13.9 Å². The minimum Gasteiger partial charge on any atom is -0.493 e. The quantitative estimate of drug-likeness (QED) is 0.775. The van der Waals surface area contributed by atoms with Crippen LogP contribution >= 0.6 is 15.9 Å². The van der Waals surface area contributed by atoms with Crippen molar-refractivity contribution >= 4 is 15.9 Å². The minimum absolute atomic E-state index is 0.312. The van der Waals surface area contributed by atoms with Gasteiger partial charge in [0.25, 0.3) is 0 Å². The maximum atomic E-state index is 12.6. The van der Waals surface area contributed by atoms with Crippen molar-refractivity contribution in [2.75, 3.05) is 27.3 Å². The molecule has 1 aromatic carbocycles. The lowest BCUT2D eigenvalue weighted by molar-refractivity contribution is 0.137. The van der Waals surface area contributed by atoms with Crippen molar-refractivity contribution in [2.45, 2.75) is 32.5 Å². The highest BCUT2D eigenvalue weighted by molar-refractivity contribution is 9.10. The van der Waals surface area contributed by atoms with Crippen molar-refractivity contribution < 1.29 is 13.9 Å². The van der Waals surface area contributed by atoms with Gasteiger partial charge in [0, 0.05) is 41.8 Å². The van der Waals surface area contributed by atoms with Crippen LogP contribution in [0, 0.1) is 0 Å². The highest BCUT2D eigenvalue weighted by atomic mass is 79.9. The monoisotopic (exact) mass is 436 g/mol. The number of benzene rings is 1. The topological polar surface area (TPSA) is 63.9 Å². The molecule has 1 aliphatic heterocycles. The van der Waals surface area contributed by atoms with E-state index in [1.54, 1.807) is 26.4 Å². The van der Waals surface area contributed by atoms with Crippen molar-refractivity contribution in [3.63, 3.8) is 0 Å². The molecule has 1 aliphatic rings. The van der Waals surface area contributed by atoms with Crippen LogP contribution in [0.5, 0.6) is 11.5 Å². The number of hydrogen-bond acceptors (Lipinski definition) is 6. The number of rotatable bonds is 5. The van der Waals surface area contributed by atoms with Crippen LogP contribution in [0.3, 0.4) is 0 Å². The Kier molecular flexibility index (Phi) is 6.24. The lowest BCUT2D eigenvalue weighted by Crippen LogP contribution is -2.54. The van der Waals surface area contributed by atoms with Gasteiger partial charge in [-0.2, -0.15) is 0 Å². The molecule has 0 bridgehead atoms. The molecule has 1 N–H and O–H groups in total. The number of halogens is 1. The van der Waals surface area contributed by atoms with Gasteiger partial charge in [-0.05, 0) is 54.0 Å². The largest absolute Gasteiger partial charge is 0.493 e. The minimum atomic E-state index is -0.312. The summed E-state index contributed by atoms with van der Waals surface area (Å²) in [5.41, 5.74) is 1.09. The van der Waals surface area contributed by atoms with Crippen molar-refractivity contribution in [3.05, 3.63) is 44.7 Å². The van der Waals surface area contributed by atoms with Gasteiger partial charge in [0.15, 0.2) is 11.5 Å². The zero-order valence-corrected chi connectivity index (χ0v) is 17.6. The number of piperazine rings is 1. The first-order valence-corrected chi connectivity index (χ1v) is 9.74. The summed E-state index contributed by atoms with van der Waals surface area (Å²) in [6.45, 7) is 6.73. The van der Waals surface area contributed by atoms with E-state index in [1.807, 2.05) is 12.1 Å². The third-order valence-corrected chi connectivity index (χ3v) is 5.56. The predicted octanol–water partition coefficient (Wildman–Crippen LogP) is 3.27. The van der Waals surface area contributed by atoms with Gasteiger partial charge in [-0.1, -0.05) is 0 Å². The van der Waals surface area contributed by atoms with E-state index in [0.29, 0.717) is 41.5 Å². The van der Waals surface area contributed by atoms with Gasteiger partial charge < -0.3 is 19.2 Å². The van der Waals surface area contributed by atoms with Crippen LogP contribution in [0.1, 0.15) is 19.4 Å². The molecular formula is C20H25BrN2O4. The maximum absolute atomic E-state index is 12.6. The summed E-state index contributed by atoms with van der Waals surface area (Å²) < 4.78 is 17.0. The fraction of sp³-hybridized carbons (Fsp3) is 0.450. The van der Waals surface area contributed by atoms with Crippen LogP contribution in [0.4, 0.5) is 0 Å². The molecule has 146 valence electrons. The molecule has 2 aromatic rings. The summed E-state index contributed by atoms with van der Waals surface area (Å²) >= 11 is 3.51. The summed E-state index contributed by atoms with van der Waals surface area (Å²) in [4.78, 5) is 14.9. The molecule has 27 heavy (non-hydrogen) atoms. The highest BCUT2D eigenvalue weighted by Gasteiger charge is 2.23. The first-order valence-electron chi connectivity index (χ1n) is 8.95. The fourth-order valence-electron chi connectivity index (χ4n) is 3.29. The van der Waals surface area contributed by atoms with Crippen molar-refractivity contribution in [3.8, 4) is 22.8 Å². The van der Waals surface area contributed by atoms with Gasteiger partial charge in [-0.3, -0.25) is 4.90 Å². The van der Waals surface area contributed by atoms with Crippen LogP contribution < -0.4 is 20.4 Å². The molecule has 3 rings (SSSR count). The Labute approximate surface area is 167 Å². The van der Waals surface area contributed by atoms with Crippen molar-refractivity contribution in [2.24, 2.45) is 0 Å². The Hall–Kier alpha value is -1.83. The van der Waals surface area contributed by atoms with Crippen LogP contribution in [0.25, 0.3) is 11.3 Å². The molecule has 6 nitrogen and oxygen atoms in total. The molecule has 0 amide bonds. The predicted molar refractivity (Wildman–Crippen MR) is 109 cm³/mol. The van der Waals surface area contributed by atoms with E-state index in [2.05, 4.69) is 40.0 Å². The lowest BCUT2D eigenvalue weighted by atomic mass is 10.1.